The van der Waals surface area contributed by atoms with Crippen LogP contribution < -0.4 is 0 Å². The fourth-order valence-corrected chi connectivity index (χ4v) is 2.49. The van der Waals surface area contributed by atoms with Crippen LogP contribution in [0.4, 0.5) is 0 Å². The normalized spacial score (nSPS) is 15.8. The Balaban J connectivity index is 2.86. The van der Waals surface area contributed by atoms with Gasteiger partial charge in [0.1, 0.15) is 20.2 Å². The van der Waals surface area contributed by atoms with Gasteiger partial charge in [0.05, 0.1) is 0 Å². The van der Waals surface area contributed by atoms with Gasteiger partial charge in [-0.3, -0.25) is 0 Å². The molecule has 1 atom stereocenters. The third-order valence-electron chi connectivity index (χ3n) is 1.13. The third kappa shape index (κ3) is 4.89. The highest BCUT2D eigenvalue weighted by molar-refractivity contribution is 7.80. The minimum atomic E-state index is -0.124. The van der Waals surface area contributed by atoms with Crippen molar-refractivity contribution in [1.29, 1.82) is 0 Å². The fraction of sp³-hybridized carbons (Fsp3) is 1.00. The molecule has 0 fully saturated rings. The van der Waals surface area contributed by atoms with E-state index in [1.807, 2.05) is 0 Å². The molecule has 0 radical (unpaired) electrons. The van der Waals surface area contributed by atoms with E-state index in [-0.39, 0.29) is 9.76 Å². The summed E-state index contributed by atoms with van der Waals surface area (Å²) in [7, 11) is 0.810. The van der Waals surface area contributed by atoms with Crippen molar-refractivity contribution in [2.24, 2.45) is 5.92 Å². The molecule has 0 spiro atoms. The van der Waals surface area contributed by atoms with Crippen LogP contribution in [0, 0.1) is 5.92 Å². The highest BCUT2D eigenvalue weighted by Gasteiger charge is 1.96. The van der Waals surface area contributed by atoms with E-state index in [1.165, 1.54) is 6.04 Å². The maximum absolute atomic E-state index is 5.16. The maximum atomic E-state index is 5.16. The van der Waals surface area contributed by atoms with E-state index in [9.17, 15) is 0 Å². The van der Waals surface area contributed by atoms with E-state index in [0.717, 1.165) is 22.2 Å². The van der Waals surface area contributed by atoms with Crippen molar-refractivity contribution < 1.29 is 4.12 Å². The van der Waals surface area contributed by atoms with E-state index in [2.05, 4.69) is 19.6 Å². The second kappa shape index (κ2) is 5.87. The lowest BCUT2D eigenvalue weighted by atomic mass is 10.3. The lowest BCUT2D eigenvalue weighted by Gasteiger charge is -2.04. The molecule has 0 amide bonds. The summed E-state index contributed by atoms with van der Waals surface area (Å²) in [5, 5.41) is 0. The van der Waals surface area contributed by atoms with Gasteiger partial charge < -0.3 is 4.12 Å². The Morgan fingerprint density at radius 2 is 2.50 bits per heavy atom. The largest absolute Gasteiger partial charge is 0.468 e. The minimum Gasteiger partial charge on any atom is -0.468 e. The molecule has 0 heterocycles. The van der Waals surface area contributed by atoms with Crippen molar-refractivity contribution in [3.63, 3.8) is 0 Å². The van der Waals surface area contributed by atoms with Gasteiger partial charge >= 0.3 is 0 Å². The Labute approximate surface area is 62.1 Å². The first-order valence-electron chi connectivity index (χ1n) is 2.91. The summed E-state index contributed by atoms with van der Waals surface area (Å²) >= 11 is 4.17. The Bertz CT molecular complexity index is 53.3. The van der Waals surface area contributed by atoms with Crippen LogP contribution in [0.1, 0.15) is 6.92 Å². The highest BCUT2D eigenvalue weighted by Crippen LogP contribution is 2.02. The van der Waals surface area contributed by atoms with Crippen molar-refractivity contribution in [2.75, 3.05) is 5.75 Å². The Kier molecular flexibility index (Phi) is 6.42. The molecule has 50 valence electrons. The summed E-state index contributed by atoms with van der Waals surface area (Å²) in [6, 6.07) is 1.30. The molecule has 1 nitrogen and oxygen atoms in total. The zero-order chi connectivity index (χ0) is 6.41. The molecule has 0 aliphatic heterocycles. The third-order valence-corrected chi connectivity index (χ3v) is 4.60. The zero-order valence-corrected chi connectivity index (χ0v) is 9.86. The minimum absolute atomic E-state index is 0.124. The summed E-state index contributed by atoms with van der Waals surface area (Å²) in [5.74, 6) is 1.79. The van der Waals surface area contributed by atoms with Crippen LogP contribution >= 0.6 is 12.6 Å². The molecule has 0 aromatic heterocycles. The van der Waals surface area contributed by atoms with E-state index in [1.54, 1.807) is 0 Å². The van der Waals surface area contributed by atoms with E-state index in [4.69, 9.17) is 4.12 Å². The summed E-state index contributed by atoms with van der Waals surface area (Å²) in [5.41, 5.74) is 0. The van der Waals surface area contributed by atoms with Crippen LogP contribution in [0.5, 0.6) is 0 Å². The molecule has 4 heteroatoms. The second-order valence-corrected chi connectivity index (χ2v) is 5.73. The zero-order valence-electron chi connectivity index (χ0n) is 5.55. The van der Waals surface area contributed by atoms with Crippen LogP contribution in [0.2, 0.25) is 6.04 Å². The molecule has 0 aliphatic carbocycles. The predicted molar refractivity (Wildman–Crippen MR) is 47.4 cm³/mol. The van der Waals surface area contributed by atoms with Gasteiger partial charge in [0.2, 0.25) is 0 Å². The van der Waals surface area contributed by atoms with Gasteiger partial charge in [-0.25, -0.2) is 0 Å². The lowest BCUT2D eigenvalue weighted by Crippen LogP contribution is -2.03. The number of rotatable bonds is 4. The molecule has 0 bridgehead atoms. The number of hydrogen-bond acceptors (Lipinski definition) is 2. The lowest BCUT2D eigenvalue weighted by molar-refractivity contribution is 0.628. The van der Waals surface area contributed by atoms with Crippen molar-refractivity contribution in [1.82, 2.24) is 0 Å². The molecule has 8 heavy (non-hydrogen) atoms. The summed E-state index contributed by atoms with van der Waals surface area (Å²) in [6.07, 6.45) is 0. The molecular formula is C4H14OSSi2. The summed E-state index contributed by atoms with van der Waals surface area (Å²) in [4.78, 5) is 0. The summed E-state index contributed by atoms with van der Waals surface area (Å²) in [6.45, 7) is 2.22. The molecule has 0 saturated carbocycles. The van der Waals surface area contributed by atoms with Crippen molar-refractivity contribution in [3.05, 3.63) is 0 Å². The van der Waals surface area contributed by atoms with E-state index < -0.39 is 0 Å². The Morgan fingerprint density at radius 3 is 2.88 bits per heavy atom. The number of hydrogen-bond donors (Lipinski definition) is 1. The van der Waals surface area contributed by atoms with E-state index in [0.29, 0.717) is 0 Å². The van der Waals surface area contributed by atoms with Gasteiger partial charge in [-0.2, -0.15) is 12.6 Å². The van der Waals surface area contributed by atoms with Crippen LogP contribution in [-0.4, -0.2) is 26.0 Å². The topological polar surface area (TPSA) is 9.23 Å². The standard InChI is InChI=1S/C4H14OSSi2/c1-4(2-6)3-8-5-7/h4,6H,2-3,8H2,1,7H3. The smallest absolute Gasteiger partial charge is 0.146 e. The van der Waals surface area contributed by atoms with E-state index >= 15 is 0 Å². The fourth-order valence-electron chi connectivity index (χ4n) is 0.410. The SMILES string of the molecule is CC(CS)C[SiH2]O[SiH3]. The maximum Gasteiger partial charge on any atom is 0.146 e. The highest BCUT2D eigenvalue weighted by atomic mass is 32.1. The van der Waals surface area contributed by atoms with Gasteiger partial charge in [0, 0.05) is 0 Å². The molecule has 0 saturated heterocycles. The number of thiol groups is 1. The average Bonchev–Trinajstić information content (AvgIpc) is 1.83. The van der Waals surface area contributed by atoms with Gasteiger partial charge in [0.25, 0.3) is 0 Å². The van der Waals surface area contributed by atoms with Crippen LogP contribution in [0.25, 0.3) is 0 Å². The molecule has 0 rings (SSSR count). The van der Waals surface area contributed by atoms with Crippen LogP contribution in [-0.2, 0) is 4.12 Å². The average molecular weight is 166 g/mol. The van der Waals surface area contributed by atoms with Crippen molar-refractivity contribution in [2.45, 2.75) is 13.0 Å². The quantitative estimate of drug-likeness (QED) is 0.431. The van der Waals surface area contributed by atoms with Gasteiger partial charge in [-0.05, 0) is 17.7 Å². The molecule has 0 aromatic rings. The molecular weight excluding hydrogens is 152 g/mol. The van der Waals surface area contributed by atoms with Crippen LogP contribution in [0.15, 0.2) is 0 Å². The van der Waals surface area contributed by atoms with Gasteiger partial charge in [-0.1, -0.05) is 6.92 Å². The van der Waals surface area contributed by atoms with Gasteiger partial charge in [-0.15, -0.1) is 0 Å². The molecule has 0 aromatic carbocycles. The molecule has 0 aliphatic rings. The second-order valence-electron chi connectivity index (χ2n) is 2.07. The molecule has 0 N–H and O–H groups in total. The van der Waals surface area contributed by atoms with Crippen LogP contribution in [0.3, 0.4) is 0 Å². The first kappa shape index (κ1) is 8.74. The predicted octanol–water partition coefficient (Wildman–Crippen LogP) is -0.649. The first-order chi connectivity index (χ1) is 3.81. The first-order valence-corrected chi connectivity index (χ1v) is 5.93. The summed E-state index contributed by atoms with van der Waals surface area (Å²) < 4.78 is 5.16. The van der Waals surface area contributed by atoms with Crippen molar-refractivity contribution in [3.8, 4) is 0 Å². The molecule has 1 unspecified atom stereocenters. The van der Waals surface area contributed by atoms with Crippen molar-refractivity contribution >= 4 is 32.9 Å². The Hall–Kier alpha value is 0.744. The Morgan fingerprint density at radius 1 is 1.88 bits per heavy atom. The monoisotopic (exact) mass is 166 g/mol. The van der Waals surface area contributed by atoms with Gasteiger partial charge in [0.15, 0.2) is 0 Å².